The second-order valence-corrected chi connectivity index (χ2v) is 6.06. The minimum absolute atomic E-state index is 0.138. The molecule has 6 nitrogen and oxygen atoms in total. The van der Waals surface area contributed by atoms with Crippen LogP contribution in [0.3, 0.4) is 0 Å². The lowest BCUT2D eigenvalue weighted by Crippen LogP contribution is -2.33. The zero-order valence-electron chi connectivity index (χ0n) is 12.2. The number of carbonyl (C=O) groups is 1. The van der Waals surface area contributed by atoms with Crippen molar-refractivity contribution in [3.8, 4) is 0 Å². The quantitative estimate of drug-likeness (QED) is 0.880. The minimum Gasteiger partial charge on any atom is -0.393 e. The lowest BCUT2D eigenvalue weighted by atomic mass is 10.00. The predicted octanol–water partition coefficient (Wildman–Crippen LogP) is 0.496. The van der Waals surface area contributed by atoms with Crippen LogP contribution in [0.25, 0.3) is 0 Å². The van der Waals surface area contributed by atoms with Gasteiger partial charge in [0.25, 0.3) is 11.5 Å². The highest BCUT2D eigenvalue weighted by atomic mass is 16.3. The maximum absolute atomic E-state index is 12.5. The first-order valence-corrected chi connectivity index (χ1v) is 7.65. The van der Waals surface area contributed by atoms with E-state index in [-0.39, 0.29) is 23.5 Å². The molecule has 1 amide bonds. The number of hydrogen-bond acceptors (Lipinski definition) is 4. The Labute approximate surface area is 123 Å². The molecule has 1 aromatic rings. The Balaban J connectivity index is 1.77. The van der Waals surface area contributed by atoms with Gasteiger partial charge in [-0.2, -0.15) is 5.10 Å². The molecule has 1 saturated heterocycles. The number of fused-ring (bicyclic) bond motifs is 1. The van der Waals surface area contributed by atoms with E-state index in [4.69, 9.17) is 0 Å². The predicted molar refractivity (Wildman–Crippen MR) is 76.9 cm³/mol. The first kappa shape index (κ1) is 14.3. The summed E-state index contributed by atoms with van der Waals surface area (Å²) in [5.74, 6) is 0.474. The number of carbonyl (C=O) groups excluding carboxylic acids is 1. The number of aryl methyl sites for hydroxylation is 1. The van der Waals surface area contributed by atoms with E-state index in [2.05, 4.69) is 5.10 Å². The smallest absolute Gasteiger partial charge is 0.274 e. The number of amides is 1. The highest BCUT2D eigenvalue weighted by molar-refractivity contribution is 5.92. The molecule has 6 heteroatoms. The van der Waals surface area contributed by atoms with Crippen LogP contribution in [0.2, 0.25) is 0 Å². The Morgan fingerprint density at radius 2 is 2.19 bits per heavy atom. The maximum Gasteiger partial charge on any atom is 0.274 e. The summed E-state index contributed by atoms with van der Waals surface area (Å²) in [6.45, 7) is 3.77. The molecule has 1 aromatic heterocycles. The summed E-state index contributed by atoms with van der Waals surface area (Å²) in [6, 6.07) is 2.91. The van der Waals surface area contributed by atoms with Crippen LogP contribution in [0.1, 0.15) is 36.7 Å². The number of nitrogens with zero attached hydrogens (tertiary/aromatic N) is 3. The van der Waals surface area contributed by atoms with Crippen molar-refractivity contribution in [2.75, 3.05) is 13.1 Å². The lowest BCUT2D eigenvalue weighted by Gasteiger charge is -2.18. The van der Waals surface area contributed by atoms with Gasteiger partial charge in [0, 0.05) is 31.6 Å². The molecule has 2 aliphatic rings. The van der Waals surface area contributed by atoms with E-state index in [1.165, 1.54) is 16.8 Å². The molecule has 1 aliphatic carbocycles. The minimum atomic E-state index is -0.283. The van der Waals surface area contributed by atoms with Gasteiger partial charge in [-0.3, -0.25) is 9.59 Å². The lowest BCUT2D eigenvalue weighted by molar-refractivity contribution is 0.0744. The molecule has 0 aromatic carbocycles. The van der Waals surface area contributed by atoms with Gasteiger partial charge in [0.2, 0.25) is 0 Å². The van der Waals surface area contributed by atoms with Crippen LogP contribution in [-0.2, 0) is 6.54 Å². The molecule has 0 spiro atoms. The summed E-state index contributed by atoms with van der Waals surface area (Å²) in [5, 5.41) is 14.1. The van der Waals surface area contributed by atoms with E-state index in [1.807, 2.05) is 6.92 Å². The van der Waals surface area contributed by atoms with Crippen LogP contribution in [0.5, 0.6) is 0 Å². The number of aliphatic hydroxyl groups excluding tert-OH is 1. The van der Waals surface area contributed by atoms with Crippen molar-refractivity contribution in [1.82, 2.24) is 14.7 Å². The van der Waals surface area contributed by atoms with Gasteiger partial charge < -0.3 is 10.0 Å². The third-order valence-corrected chi connectivity index (χ3v) is 4.63. The van der Waals surface area contributed by atoms with Gasteiger partial charge in [0.15, 0.2) is 0 Å². The van der Waals surface area contributed by atoms with E-state index in [0.717, 1.165) is 19.3 Å². The normalized spacial score (nSPS) is 27.9. The molecular formula is C15H21N3O3. The van der Waals surface area contributed by atoms with E-state index in [9.17, 15) is 14.7 Å². The van der Waals surface area contributed by atoms with Crippen LogP contribution in [-0.4, -0.2) is 44.9 Å². The average Bonchev–Trinajstić information content (AvgIpc) is 3.03. The fourth-order valence-electron chi connectivity index (χ4n) is 3.50. The molecule has 0 radical (unpaired) electrons. The zero-order valence-corrected chi connectivity index (χ0v) is 12.2. The molecule has 1 aliphatic heterocycles. The molecule has 3 unspecified atom stereocenters. The van der Waals surface area contributed by atoms with E-state index in [1.54, 1.807) is 4.90 Å². The second-order valence-electron chi connectivity index (χ2n) is 6.06. The van der Waals surface area contributed by atoms with Crippen LogP contribution < -0.4 is 5.56 Å². The SMILES string of the molecule is CCCn1nc(C(=O)N2CC3CCC(O)C3C2)ccc1=O. The third kappa shape index (κ3) is 2.60. The summed E-state index contributed by atoms with van der Waals surface area (Å²) in [4.78, 5) is 25.9. The van der Waals surface area contributed by atoms with Crippen molar-refractivity contribution in [3.05, 3.63) is 28.2 Å². The highest BCUT2D eigenvalue weighted by Gasteiger charge is 2.43. The Morgan fingerprint density at radius 3 is 2.90 bits per heavy atom. The van der Waals surface area contributed by atoms with Gasteiger partial charge in [0.1, 0.15) is 5.69 Å². The molecule has 3 atom stereocenters. The van der Waals surface area contributed by atoms with E-state index >= 15 is 0 Å². The van der Waals surface area contributed by atoms with Crippen molar-refractivity contribution in [1.29, 1.82) is 0 Å². The van der Waals surface area contributed by atoms with E-state index < -0.39 is 0 Å². The Bertz CT molecular complexity index is 598. The zero-order chi connectivity index (χ0) is 15.0. The number of likely N-dealkylation sites (tertiary alicyclic amines) is 1. The molecule has 2 heterocycles. The van der Waals surface area contributed by atoms with Crippen LogP contribution >= 0.6 is 0 Å². The summed E-state index contributed by atoms with van der Waals surface area (Å²) in [6.07, 6.45) is 2.34. The molecule has 1 saturated carbocycles. The summed E-state index contributed by atoms with van der Waals surface area (Å²) >= 11 is 0. The van der Waals surface area contributed by atoms with Crippen molar-refractivity contribution in [3.63, 3.8) is 0 Å². The molecule has 3 rings (SSSR count). The molecule has 2 fully saturated rings. The van der Waals surface area contributed by atoms with Gasteiger partial charge in [-0.15, -0.1) is 0 Å². The van der Waals surface area contributed by atoms with Gasteiger partial charge in [-0.05, 0) is 31.2 Å². The summed E-state index contributed by atoms with van der Waals surface area (Å²) < 4.78 is 1.35. The van der Waals surface area contributed by atoms with Gasteiger partial charge in [-0.1, -0.05) is 6.92 Å². The molecule has 0 bridgehead atoms. The van der Waals surface area contributed by atoms with Crippen LogP contribution in [0.4, 0.5) is 0 Å². The van der Waals surface area contributed by atoms with Crippen LogP contribution in [0.15, 0.2) is 16.9 Å². The largest absolute Gasteiger partial charge is 0.393 e. The molecule has 21 heavy (non-hydrogen) atoms. The van der Waals surface area contributed by atoms with E-state index in [0.29, 0.717) is 31.2 Å². The van der Waals surface area contributed by atoms with Gasteiger partial charge in [0.05, 0.1) is 6.10 Å². The molecular weight excluding hydrogens is 270 g/mol. The standard InChI is InChI=1S/C15H21N3O3/c1-2-7-18-14(20)6-4-12(16-18)15(21)17-8-10-3-5-13(19)11(10)9-17/h4,6,10-11,13,19H,2-3,5,7-9H2,1H3. The monoisotopic (exact) mass is 291 g/mol. The topological polar surface area (TPSA) is 75.4 Å². The van der Waals surface area contributed by atoms with Crippen molar-refractivity contribution in [2.24, 2.45) is 11.8 Å². The van der Waals surface area contributed by atoms with Crippen molar-refractivity contribution < 1.29 is 9.90 Å². The third-order valence-electron chi connectivity index (χ3n) is 4.63. The fourth-order valence-corrected chi connectivity index (χ4v) is 3.50. The first-order chi connectivity index (χ1) is 10.1. The Kier molecular flexibility index (Phi) is 3.80. The number of aliphatic hydroxyl groups is 1. The van der Waals surface area contributed by atoms with Crippen molar-refractivity contribution in [2.45, 2.75) is 38.8 Å². The molecule has 1 N–H and O–H groups in total. The number of aromatic nitrogens is 2. The highest BCUT2D eigenvalue weighted by Crippen LogP contribution is 2.38. The number of hydrogen-bond donors (Lipinski definition) is 1. The Morgan fingerprint density at radius 1 is 1.38 bits per heavy atom. The fraction of sp³-hybridized carbons (Fsp3) is 0.667. The Hall–Kier alpha value is -1.69. The molecule has 114 valence electrons. The van der Waals surface area contributed by atoms with Crippen molar-refractivity contribution >= 4 is 5.91 Å². The van der Waals surface area contributed by atoms with Crippen LogP contribution in [0, 0.1) is 11.8 Å². The summed E-state index contributed by atoms with van der Waals surface area (Å²) in [7, 11) is 0. The maximum atomic E-state index is 12.5. The second kappa shape index (κ2) is 5.60. The first-order valence-electron chi connectivity index (χ1n) is 7.65. The number of rotatable bonds is 3. The van der Waals surface area contributed by atoms with Gasteiger partial charge in [-0.25, -0.2) is 4.68 Å². The average molecular weight is 291 g/mol. The summed E-state index contributed by atoms with van der Waals surface area (Å²) in [5.41, 5.74) is 0.139. The van der Waals surface area contributed by atoms with Gasteiger partial charge >= 0.3 is 0 Å².